The summed E-state index contributed by atoms with van der Waals surface area (Å²) in [6.45, 7) is 0.644. The molecule has 0 fully saturated rings. The van der Waals surface area contributed by atoms with Gasteiger partial charge >= 0.3 is 16.4 Å². The zero-order valence-electron chi connectivity index (χ0n) is 9.10. The van der Waals surface area contributed by atoms with E-state index in [1.807, 2.05) is 0 Å². The molecular weight excluding hydrogens is 275 g/mol. The zero-order valence-corrected chi connectivity index (χ0v) is 9.92. The Morgan fingerprint density at radius 3 is 2.50 bits per heavy atom. The molecule has 0 unspecified atom stereocenters. The van der Waals surface area contributed by atoms with Gasteiger partial charge in [-0.1, -0.05) is 0 Å². The normalized spacial score (nSPS) is 14.4. The van der Waals surface area contributed by atoms with Gasteiger partial charge in [-0.15, -0.1) is 0 Å². The van der Waals surface area contributed by atoms with Crippen LogP contribution in [0.3, 0.4) is 0 Å². The highest BCUT2D eigenvalue weighted by Crippen LogP contribution is 2.20. The van der Waals surface area contributed by atoms with E-state index < -0.39 is 34.0 Å². The van der Waals surface area contributed by atoms with E-state index in [2.05, 4.69) is 0 Å². The molecule has 0 saturated heterocycles. The summed E-state index contributed by atoms with van der Waals surface area (Å²) >= 11 is 0. The molecule has 18 heavy (non-hydrogen) atoms. The summed E-state index contributed by atoms with van der Waals surface area (Å²) < 4.78 is 61.8. The third kappa shape index (κ3) is 3.01. The van der Waals surface area contributed by atoms with Crippen LogP contribution in [0.15, 0.2) is 18.3 Å². The number of hydrogen-bond acceptors (Lipinski definition) is 3. The van der Waals surface area contributed by atoms with Crippen molar-refractivity contribution >= 4 is 16.1 Å². The van der Waals surface area contributed by atoms with Crippen LogP contribution in [0.1, 0.15) is 17.4 Å². The Hall–Kier alpha value is -1.55. The lowest BCUT2D eigenvalue weighted by molar-refractivity contribution is -0.147. The van der Waals surface area contributed by atoms with Crippen molar-refractivity contribution in [3.8, 4) is 0 Å². The maximum Gasteiger partial charge on any atom is 0.404 e. The maximum atomic E-state index is 12.3. The lowest BCUT2D eigenvalue weighted by Crippen LogP contribution is -2.45. The average Bonchev–Trinajstić information content (AvgIpc) is 2.63. The molecule has 1 rings (SSSR count). The summed E-state index contributed by atoms with van der Waals surface area (Å²) in [5, 5.41) is 0. The molecule has 0 aromatic carbocycles. The van der Waals surface area contributed by atoms with Gasteiger partial charge < -0.3 is 5.73 Å². The van der Waals surface area contributed by atoms with Gasteiger partial charge in [0.05, 0.1) is 0 Å². The Bertz CT molecular complexity index is 549. The molecule has 1 atom stereocenters. The Balaban J connectivity index is 3.08. The van der Waals surface area contributed by atoms with E-state index in [9.17, 15) is 26.4 Å². The standard InChI is InChI=1S/C8H10F3N3O3S/c1-5(8(9,10)11)13-18(16,17)14-4-2-3-6(14)7(12)15/h2-5,13H,1H3,(H2,12,15)/t5-/m0/s1. The highest BCUT2D eigenvalue weighted by atomic mass is 32.2. The predicted molar refractivity (Wildman–Crippen MR) is 55.9 cm³/mol. The first kappa shape index (κ1) is 14.5. The van der Waals surface area contributed by atoms with Crippen LogP contribution in [0, 0.1) is 0 Å². The SMILES string of the molecule is C[C@H](NS(=O)(=O)n1cccc1C(N)=O)C(F)(F)F. The van der Waals surface area contributed by atoms with Crippen molar-refractivity contribution in [2.75, 3.05) is 0 Å². The van der Waals surface area contributed by atoms with Crippen LogP contribution >= 0.6 is 0 Å². The fourth-order valence-electron chi connectivity index (χ4n) is 1.11. The van der Waals surface area contributed by atoms with Crippen molar-refractivity contribution in [3.63, 3.8) is 0 Å². The lowest BCUT2D eigenvalue weighted by atomic mass is 10.4. The Morgan fingerprint density at radius 1 is 1.50 bits per heavy atom. The highest BCUT2D eigenvalue weighted by Gasteiger charge is 2.39. The Kier molecular flexibility index (Phi) is 3.72. The molecule has 1 aromatic heterocycles. The van der Waals surface area contributed by atoms with E-state index in [-0.39, 0.29) is 0 Å². The molecule has 102 valence electrons. The molecular formula is C8H10F3N3O3S. The first-order chi connectivity index (χ1) is 8.05. The molecule has 6 nitrogen and oxygen atoms in total. The van der Waals surface area contributed by atoms with Crippen molar-refractivity contribution in [1.29, 1.82) is 0 Å². The molecule has 0 saturated carbocycles. The molecule has 0 aliphatic heterocycles. The number of primary amides is 1. The number of nitrogens with two attached hydrogens (primary N) is 1. The lowest BCUT2D eigenvalue weighted by Gasteiger charge is -2.18. The summed E-state index contributed by atoms with van der Waals surface area (Å²) in [6.07, 6.45) is -3.81. The van der Waals surface area contributed by atoms with Crippen molar-refractivity contribution in [3.05, 3.63) is 24.0 Å². The molecule has 1 heterocycles. The van der Waals surface area contributed by atoms with Gasteiger partial charge in [0.25, 0.3) is 5.91 Å². The van der Waals surface area contributed by atoms with Crippen molar-refractivity contribution in [2.24, 2.45) is 5.73 Å². The number of aromatic nitrogens is 1. The summed E-state index contributed by atoms with van der Waals surface area (Å²) in [6, 6.07) is -0.0252. The fraction of sp³-hybridized carbons (Fsp3) is 0.375. The van der Waals surface area contributed by atoms with Gasteiger partial charge in [0.1, 0.15) is 11.7 Å². The Labute approximate surface area is 101 Å². The highest BCUT2D eigenvalue weighted by molar-refractivity contribution is 7.88. The van der Waals surface area contributed by atoms with Crippen LogP contribution in [0.4, 0.5) is 13.2 Å². The largest absolute Gasteiger partial charge is 0.404 e. The fourth-order valence-corrected chi connectivity index (χ4v) is 2.45. The van der Waals surface area contributed by atoms with Crippen LogP contribution < -0.4 is 10.5 Å². The Morgan fingerprint density at radius 2 is 2.06 bits per heavy atom. The molecule has 0 radical (unpaired) electrons. The van der Waals surface area contributed by atoms with Gasteiger partial charge in [-0.25, -0.2) is 3.97 Å². The van der Waals surface area contributed by atoms with E-state index in [4.69, 9.17) is 5.73 Å². The first-order valence-electron chi connectivity index (χ1n) is 4.62. The van der Waals surface area contributed by atoms with Crippen molar-refractivity contribution in [2.45, 2.75) is 19.1 Å². The monoisotopic (exact) mass is 285 g/mol. The van der Waals surface area contributed by atoms with Gasteiger partial charge in [-0.05, 0) is 19.1 Å². The number of halogens is 3. The maximum absolute atomic E-state index is 12.3. The smallest absolute Gasteiger partial charge is 0.364 e. The predicted octanol–water partition coefficient (Wildman–Crippen LogP) is 0.220. The van der Waals surface area contributed by atoms with E-state index in [0.29, 0.717) is 10.9 Å². The minimum atomic E-state index is -4.73. The second kappa shape index (κ2) is 4.61. The van der Waals surface area contributed by atoms with Crippen LogP contribution in [-0.2, 0) is 10.2 Å². The first-order valence-corrected chi connectivity index (χ1v) is 6.06. The van der Waals surface area contributed by atoms with Crippen LogP contribution in [0.2, 0.25) is 0 Å². The summed E-state index contributed by atoms with van der Waals surface area (Å²) in [5.74, 6) is -1.06. The van der Waals surface area contributed by atoms with Crippen LogP contribution in [0.25, 0.3) is 0 Å². The second-order valence-electron chi connectivity index (χ2n) is 3.44. The van der Waals surface area contributed by atoms with Gasteiger partial charge in [0.2, 0.25) is 0 Å². The van der Waals surface area contributed by atoms with Gasteiger partial charge in [0, 0.05) is 6.20 Å². The minimum absolute atomic E-state index is 0.359. The minimum Gasteiger partial charge on any atom is -0.364 e. The number of nitrogens with zero attached hydrogens (tertiary/aromatic N) is 1. The summed E-state index contributed by atoms with van der Waals surface area (Å²) in [4.78, 5) is 10.9. The summed E-state index contributed by atoms with van der Waals surface area (Å²) in [7, 11) is -4.53. The van der Waals surface area contributed by atoms with Crippen molar-refractivity contribution in [1.82, 2.24) is 8.69 Å². The van der Waals surface area contributed by atoms with E-state index in [1.54, 1.807) is 0 Å². The average molecular weight is 285 g/mol. The second-order valence-corrected chi connectivity index (χ2v) is 5.02. The number of nitrogens with one attached hydrogen (secondary N) is 1. The third-order valence-electron chi connectivity index (χ3n) is 2.04. The molecule has 0 aliphatic carbocycles. The molecule has 1 aromatic rings. The number of carbonyl (C=O) groups is 1. The number of rotatable bonds is 4. The van der Waals surface area contributed by atoms with E-state index in [1.165, 1.54) is 10.8 Å². The summed E-state index contributed by atoms with van der Waals surface area (Å²) in [5.41, 5.74) is 4.46. The zero-order chi connectivity index (χ0) is 14.1. The van der Waals surface area contributed by atoms with Gasteiger partial charge in [-0.2, -0.15) is 26.3 Å². The van der Waals surface area contributed by atoms with E-state index >= 15 is 0 Å². The van der Waals surface area contributed by atoms with Crippen LogP contribution in [0.5, 0.6) is 0 Å². The molecule has 0 spiro atoms. The third-order valence-corrected chi connectivity index (χ3v) is 3.53. The number of carbonyl (C=O) groups excluding carboxylic acids is 1. The molecule has 0 bridgehead atoms. The molecule has 1 amide bonds. The quantitative estimate of drug-likeness (QED) is 0.828. The number of hydrogen-bond donors (Lipinski definition) is 2. The van der Waals surface area contributed by atoms with Crippen LogP contribution in [-0.4, -0.2) is 30.5 Å². The van der Waals surface area contributed by atoms with Gasteiger partial charge in [0.15, 0.2) is 0 Å². The topological polar surface area (TPSA) is 94.2 Å². The molecule has 0 aliphatic rings. The number of amides is 1. The van der Waals surface area contributed by atoms with Gasteiger partial charge in [-0.3, -0.25) is 4.79 Å². The number of alkyl halides is 3. The van der Waals surface area contributed by atoms with Crippen molar-refractivity contribution < 1.29 is 26.4 Å². The molecule has 3 N–H and O–H groups in total. The van der Waals surface area contributed by atoms with E-state index in [0.717, 1.165) is 12.3 Å². The molecule has 10 heteroatoms.